The molecule has 0 aromatic heterocycles. The zero-order chi connectivity index (χ0) is 16.3. The minimum Gasteiger partial charge on any atom is -0.481 e. The Bertz CT molecular complexity index is 683. The molecular formula is C15H19NO5S. The van der Waals surface area contributed by atoms with E-state index < -0.39 is 27.6 Å². The maximum absolute atomic E-state index is 12.6. The Balaban J connectivity index is 2.30. The van der Waals surface area contributed by atoms with Crippen LogP contribution in [0.25, 0.3) is 0 Å². The molecule has 1 N–H and O–H groups in total. The molecule has 7 heteroatoms. The molecule has 120 valence electrons. The second-order valence-electron chi connectivity index (χ2n) is 5.39. The van der Waals surface area contributed by atoms with Crippen molar-refractivity contribution >= 4 is 21.7 Å². The zero-order valence-corrected chi connectivity index (χ0v) is 13.2. The van der Waals surface area contributed by atoms with Crippen molar-refractivity contribution in [2.24, 2.45) is 5.92 Å². The molecule has 1 saturated heterocycles. The van der Waals surface area contributed by atoms with Crippen molar-refractivity contribution in [1.82, 2.24) is 4.90 Å². The normalized spacial score (nSPS) is 18.4. The lowest BCUT2D eigenvalue weighted by atomic mass is 10.1. The molecule has 22 heavy (non-hydrogen) atoms. The lowest BCUT2D eigenvalue weighted by Gasteiger charge is -2.18. The van der Waals surface area contributed by atoms with E-state index in [9.17, 15) is 18.0 Å². The Morgan fingerprint density at radius 1 is 1.32 bits per heavy atom. The Labute approximate surface area is 129 Å². The highest BCUT2D eigenvalue weighted by molar-refractivity contribution is 7.91. The van der Waals surface area contributed by atoms with E-state index in [-0.39, 0.29) is 22.8 Å². The second kappa shape index (κ2) is 6.48. The minimum atomic E-state index is -3.51. The third kappa shape index (κ3) is 3.30. The molecule has 1 aromatic rings. The summed E-state index contributed by atoms with van der Waals surface area (Å²) in [5.41, 5.74) is 0.127. The third-order valence-electron chi connectivity index (χ3n) is 3.75. The molecule has 2 rings (SSSR count). The number of hydrogen-bond donors (Lipinski definition) is 1. The topological polar surface area (TPSA) is 91.8 Å². The molecule has 1 unspecified atom stereocenters. The summed E-state index contributed by atoms with van der Waals surface area (Å²) in [6.45, 7) is 2.22. The Kier molecular flexibility index (Phi) is 4.85. The van der Waals surface area contributed by atoms with Crippen molar-refractivity contribution in [2.75, 3.05) is 18.8 Å². The van der Waals surface area contributed by atoms with Crippen molar-refractivity contribution in [3.63, 3.8) is 0 Å². The number of benzene rings is 1. The highest BCUT2D eigenvalue weighted by atomic mass is 32.2. The van der Waals surface area contributed by atoms with Crippen molar-refractivity contribution in [2.45, 2.75) is 24.7 Å². The maximum atomic E-state index is 12.6. The van der Waals surface area contributed by atoms with Crippen molar-refractivity contribution in [1.29, 1.82) is 0 Å². The van der Waals surface area contributed by atoms with Gasteiger partial charge in [0.1, 0.15) is 0 Å². The molecule has 0 bridgehead atoms. The first-order valence-electron chi connectivity index (χ1n) is 7.20. The highest BCUT2D eigenvalue weighted by Gasteiger charge is 2.33. The molecule has 6 nitrogen and oxygen atoms in total. The molecular weight excluding hydrogens is 306 g/mol. The minimum absolute atomic E-state index is 0.0188. The molecule has 0 spiro atoms. The first-order valence-corrected chi connectivity index (χ1v) is 8.86. The van der Waals surface area contributed by atoms with Gasteiger partial charge in [-0.3, -0.25) is 9.59 Å². The lowest BCUT2D eigenvalue weighted by Crippen LogP contribution is -2.31. The van der Waals surface area contributed by atoms with Crippen molar-refractivity contribution in [3.8, 4) is 0 Å². The van der Waals surface area contributed by atoms with Crippen LogP contribution in [-0.4, -0.2) is 49.1 Å². The van der Waals surface area contributed by atoms with Gasteiger partial charge in [0, 0.05) is 13.1 Å². The lowest BCUT2D eigenvalue weighted by molar-refractivity contribution is -0.141. The standard InChI is InChI=1S/C15H19NO5S/c1-2-9-22(20,21)13-6-4-3-5-12(13)14(17)16-8-7-11(10-16)15(18)19/h3-6,11H,2,7-10H2,1H3,(H,18,19). The van der Waals surface area contributed by atoms with Gasteiger partial charge in [-0.2, -0.15) is 0 Å². The summed E-state index contributed by atoms with van der Waals surface area (Å²) < 4.78 is 24.6. The zero-order valence-electron chi connectivity index (χ0n) is 12.4. The fraction of sp³-hybridized carbons (Fsp3) is 0.467. The molecule has 1 amide bonds. The number of carboxylic acid groups (broad SMARTS) is 1. The van der Waals surface area contributed by atoms with Crippen LogP contribution in [0.1, 0.15) is 30.1 Å². The fourth-order valence-electron chi connectivity index (χ4n) is 2.61. The van der Waals surface area contributed by atoms with E-state index in [0.29, 0.717) is 19.4 Å². The number of carbonyl (C=O) groups is 2. The number of likely N-dealkylation sites (tertiary alicyclic amines) is 1. The SMILES string of the molecule is CCCS(=O)(=O)c1ccccc1C(=O)N1CCC(C(=O)O)C1. The van der Waals surface area contributed by atoms with Crippen LogP contribution >= 0.6 is 0 Å². The number of nitrogens with zero attached hydrogens (tertiary/aromatic N) is 1. The molecule has 1 aliphatic rings. The van der Waals surface area contributed by atoms with Crippen LogP contribution in [0.3, 0.4) is 0 Å². The average Bonchev–Trinajstić information content (AvgIpc) is 2.96. The molecule has 0 saturated carbocycles. The van der Waals surface area contributed by atoms with Crippen LogP contribution in [0.5, 0.6) is 0 Å². The van der Waals surface area contributed by atoms with Gasteiger partial charge in [-0.05, 0) is 25.0 Å². The van der Waals surface area contributed by atoms with E-state index >= 15 is 0 Å². The maximum Gasteiger partial charge on any atom is 0.308 e. The predicted molar refractivity (Wildman–Crippen MR) is 80.4 cm³/mol. The Morgan fingerprint density at radius 2 is 2.00 bits per heavy atom. The van der Waals surface area contributed by atoms with Gasteiger partial charge in [0.05, 0.1) is 22.1 Å². The van der Waals surface area contributed by atoms with E-state index in [2.05, 4.69) is 0 Å². The van der Waals surface area contributed by atoms with E-state index in [1.54, 1.807) is 19.1 Å². The second-order valence-corrected chi connectivity index (χ2v) is 7.47. The highest BCUT2D eigenvalue weighted by Crippen LogP contribution is 2.23. The van der Waals surface area contributed by atoms with Crippen LogP contribution in [0.4, 0.5) is 0 Å². The molecule has 0 aliphatic carbocycles. The number of carboxylic acids is 1. The first kappa shape index (κ1) is 16.5. The van der Waals surface area contributed by atoms with E-state index in [4.69, 9.17) is 5.11 Å². The van der Waals surface area contributed by atoms with Crippen LogP contribution in [0.15, 0.2) is 29.2 Å². The van der Waals surface area contributed by atoms with Gasteiger partial charge in [-0.1, -0.05) is 19.1 Å². The van der Waals surface area contributed by atoms with Crippen LogP contribution in [0, 0.1) is 5.92 Å². The fourth-order valence-corrected chi connectivity index (χ4v) is 4.14. The van der Waals surface area contributed by atoms with Crippen LogP contribution < -0.4 is 0 Å². The monoisotopic (exact) mass is 325 g/mol. The number of sulfone groups is 1. The van der Waals surface area contributed by atoms with Crippen molar-refractivity contribution in [3.05, 3.63) is 29.8 Å². The average molecular weight is 325 g/mol. The van der Waals surface area contributed by atoms with Gasteiger partial charge >= 0.3 is 5.97 Å². The molecule has 1 fully saturated rings. The van der Waals surface area contributed by atoms with Crippen LogP contribution in [-0.2, 0) is 14.6 Å². The molecule has 0 radical (unpaired) electrons. The number of amides is 1. The molecule has 1 aromatic carbocycles. The Morgan fingerprint density at radius 3 is 2.59 bits per heavy atom. The summed E-state index contributed by atoms with van der Waals surface area (Å²) in [5, 5.41) is 9.00. The van der Waals surface area contributed by atoms with E-state index in [0.717, 1.165) is 0 Å². The van der Waals surface area contributed by atoms with Gasteiger partial charge in [0.2, 0.25) is 0 Å². The van der Waals surface area contributed by atoms with Gasteiger partial charge < -0.3 is 10.0 Å². The number of carbonyl (C=O) groups excluding carboxylic acids is 1. The third-order valence-corrected chi connectivity index (χ3v) is 5.72. The summed E-state index contributed by atoms with van der Waals surface area (Å²) >= 11 is 0. The predicted octanol–water partition coefficient (Wildman–Crippen LogP) is 1.42. The van der Waals surface area contributed by atoms with E-state index in [1.165, 1.54) is 17.0 Å². The smallest absolute Gasteiger partial charge is 0.308 e. The van der Waals surface area contributed by atoms with Gasteiger partial charge in [-0.15, -0.1) is 0 Å². The quantitative estimate of drug-likeness (QED) is 0.884. The van der Waals surface area contributed by atoms with Gasteiger partial charge in [0.25, 0.3) is 5.91 Å². The molecule has 1 atom stereocenters. The Hall–Kier alpha value is -1.89. The summed E-state index contributed by atoms with van der Waals surface area (Å²) in [6, 6.07) is 6.12. The summed E-state index contributed by atoms with van der Waals surface area (Å²) in [6.07, 6.45) is 0.862. The number of rotatable bonds is 5. The largest absolute Gasteiger partial charge is 0.481 e. The molecule has 1 heterocycles. The summed E-state index contributed by atoms with van der Waals surface area (Å²) in [7, 11) is -3.51. The van der Waals surface area contributed by atoms with Gasteiger partial charge in [-0.25, -0.2) is 8.42 Å². The summed E-state index contributed by atoms with van der Waals surface area (Å²) in [4.78, 5) is 25.0. The van der Waals surface area contributed by atoms with Gasteiger partial charge in [0.15, 0.2) is 9.84 Å². The van der Waals surface area contributed by atoms with Crippen molar-refractivity contribution < 1.29 is 23.1 Å². The first-order chi connectivity index (χ1) is 10.4. The van der Waals surface area contributed by atoms with E-state index in [1.807, 2.05) is 0 Å². The van der Waals surface area contributed by atoms with Crippen LogP contribution in [0.2, 0.25) is 0 Å². The number of hydrogen-bond acceptors (Lipinski definition) is 4. The number of aliphatic carboxylic acids is 1. The summed E-state index contributed by atoms with van der Waals surface area (Å²) in [5.74, 6) is -1.95. The molecule has 1 aliphatic heterocycles.